The average Bonchev–Trinajstić information content (AvgIpc) is 2.60. The van der Waals surface area contributed by atoms with Crippen LogP contribution in [0.2, 0.25) is 0 Å². The summed E-state index contributed by atoms with van der Waals surface area (Å²) in [5.41, 5.74) is 0.997. The SMILES string of the molecule is CCCC1(C)C(C)(C)CC(C)CC1(OC(=O)CC)C(=O)c1cc(C)ccc1C. The molecule has 1 aromatic rings. The highest BCUT2D eigenvalue weighted by molar-refractivity contribution is 6.05. The fourth-order valence-corrected chi connectivity index (χ4v) is 5.48. The summed E-state index contributed by atoms with van der Waals surface area (Å²) in [7, 11) is 0. The van der Waals surface area contributed by atoms with E-state index in [4.69, 9.17) is 4.74 Å². The molecule has 28 heavy (non-hydrogen) atoms. The van der Waals surface area contributed by atoms with Crippen LogP contribution in [-0.2, 0) is 9.53 Å². The molecule has 0 amide bonds. The van der Waals surface area contributed by atoms with Gasteiger partial charge in [0.25, 0.3) is 0 Å². The summed E-state index contributed by atoms with van der Waals surface area (Å²) in [6, 6.07) is 5.97. The first-order chi connectivity index (χ1) is 12.9. The van der Waals surface area contributed by atoms with Gasteiger partial charge in [0.15, 0.2) is 5.60 Å². The number of ketones is 1. The van der Waals surface area contributed by atoms with Gasteiger partial charge in [-0.3, -0.25) is 9.59 Å². The molecule has 0 aromatic heterocycles. The third-order valence-corrected chi connectivity index (χ3v) is 7.21. The summed E-state index contributed by atoms with van der Waals surface area (Å²) in [5.74, 6) is -0.00406. The van der Waals surface area contributed by atoms with Gasteiger partial charge in [-0.05, 0) is 56.1 Å². The van der Waals surface area contributed by atoms with Crippen LogP contribution in [0.5, 0.6) is 0 Å². The van der Waals surface area contributed by atoms with E-state index in [-0.39, 0.29) is 23.6 Å². The van der Waals surface area contributed by atoms with E-state index in [0.717, 1.165) is 30.4 Å². The number of Topliss-reactive ketones (excluding diaryl/α,β-unsaturated/α-hetero) is 1. The van der Waals surface area contributed by atoms with Gasteiger partial charge in [-0.2, -0.15) is 0 Å². The Kier molecular flexibility index (Phi) is 6.47. The molecule has 1 fully saturated rings. The lowest BCUT2D eigenvalue weighted by Crippen LogP contribution is -2.65. The predicted molar refractivity (Wildman–Crippen MR) is 115 cm³/mol. The molecule has 1 saturated carbocycles. The summed E-state index contributed by atoms with van der Waals surface area (Å²) in [6.07, 6.45) is 3.68. The van der Waals surface area contributed by atoms with Crippen LogP contribution >= 0.6 is 0 Å². The minimum Gasteiger partial charge on any atom is -0.450 e. The fraction of sp³-hybridized carbons (Fsp3) is 0.680. The lowest BCUT2D eigenvalue weighted by Gasteiger charge is -2.60. The van der Waals surface area contributed by atoms with E-state index >= 15 is 0 Å². The van der Waals surface area contributed by atoms with Crippen LogP contribution in [0, 0.1) is 30.6 Å². The monoisotopic (exact) mass is 386 g/mol. The van der Waals surface area contributed by atoms with Crippen LogP contribution in [-0.4, -0.2) is 17.4 Å². The highest BCUT2D eigenvalue weighted by Gasteiger charge is 2.65. The fourth-order valence-electron chi connectivity index (χ4n) is 5.48. The highest BCUT2D eigenvalue weighted by Crippen LogP contribution is 2.61. The van der Waals surface area contributed by atoms with Crippen molar-refractivity contribution >= 4 is 11.8 Å². The Bertz CT molecular complexity index is 748. The standard InChI is InChI=1S/C25H38O3/c1-9-13-24(8)23(6,7)15-18(4)16-25(24,28-21(26)10-2)22(27)20-14-17(3)11-12-19(20)5/h11-12,14,18H,9-10,13,15-16H2,1-8H3. The van der Waals surface area contributed by atoms with Gasteiger partial charge in [-0.15, -0.1) is 0 Å². The van der Waals surface area contributed by atoms with Crippen molar-refractivity contribution in [3.63, 3.8) is 0 Å². The first-order valence-electron chi connectivity index (χ1n) is 10.8. The Morgan fingerprint density at radius 2 is 1.75 bits per heavy atom. The number of carbonyl (C=O) groups is 2. The number of hydrogen-bond donors (Lipinski definition) is 0. The number of benzene rings is 1. The summed E-state index contributed by atoms with van der Waals surface area (Å²) >= 11 is 0. The lowest BCUT2D eigenvalue weighted by atomic mass is 9.47. The van der Waals surface area contributed by atoms with Gasteiger partial charge in [0, 0.05) is 17.4 Å². The van der Waals surface area contributed by atoms with Gasteiger partial charge in [0.2, 0.25) is 5.78 Å². The Labute approximate surface area is 171 Å². The topological polar surface area (TPSA) is 43.4 Å². The van der Waals surface area contributed by atoms with Crippen molar-refractivity contribution in [2.75, 3.05) is 0 Å². The largest absolute Gasteiger partial charge is 0.450 e. The van der Waals surface area contributed by atoms with Gasteiger partial charge < -0.3 is 4.74 Å². The zero-order valence-corrected chi connectivity index (χ0v) is 19.1. The smallest absolute Gasteiger partial charge is 0.306 e. The van der Waals surface area contributed by atoms with Crippen LogP contribution in [0.15, 0.2) is 18.2 Å². The molecule has 1 aliphatic rings. The van der Waals surface area contributed by atoms with Crippen molar-refractivity contribution in [2.45, 2.75) is 93.1 Å². The van der Waals surface area contributed by atoms with Gasteiger partial charge in [0.05, 0.1) is 0 Å². The first kappa shape index (κ1) is 22.6. The minimum atomic E-state index is -1.13. The van der Waals surface area contributed by atoms with E-state index < -0.39 is 11.0 Å². The maximum Gasteiger partial charge on any atom is 0.306 e. The van der Waals surface area contributed by atoms with Crippen molar-refractivity contribution in [1.29, 1.82) is 0 Å². The van der Waals surface area contributed by atoms with E-state index in [0.29, 0.717) is 17.9 Å². The van der Waals surface area contributed by atoms with E-state index in [1.165, 1.54) is 0 Å². The summed E-state index contributed by atoms with van der Waals surface area (Å²) in [6.45, 7) is 16.7. The Morgan fingerprint density at radius 3 is 2.32 bits per heavy atom. The zero-order valence-electron chi connectivity index (χ0n) is 19.1. The molecule has 0 spiro atoms. The van der Waals surface area contributed by atoms with Gasteiger partial charge >= 0.3 is 5.97 Å². The van der Waals surface area contributed by atoms with Crippen molar-refractivity contribution in [2.24, 2.45) is 16.7 Å². The average molecular weight is 387 g/mol. The van der Waals surface area contributed by atoms with Crippen molar-refractivity contribution in [1.82, 2.24) is 0 Å². The second kappa shape index (κ2) is 8.00. The molecule has 0 N–H and O–H groups in total. The van der Waals surface area contributed by atoms with E-state index in [1.807, 2.05) is 32.0 Å². The second-order valence-electron chi connectivity index (χ2n) is 9.78. The molecule has 3 unspecified atom stereocenters. The Morgan fingerprint density at radius 1 is 1.11 bits per heavy atom. The molecular weight excluding hydrogens is 348 g/mol. The van der Waals surface area contributed by atoms with E-state index in [1.54, 1.807) is 6.92 Å². The van der Waals surface area contributed by atoms with E-state index in [9.17, 15) is 9.59 Å². The predicted octanol–water partition coefficient (Wildman–Crippen LogP) is 6.44. The number of rotatable bonds is 6. The van der Waals surface area contributed by atoms with Gasteiger partial charge in [0.1, 0.15) is 0 Å². The molecular formula is C25H38O3. The molecule has 0 aliphatic heterocycles. The first-order valence-corrected chi connectivity index (χ1v) is 10.8. The molecule has 3 heteroatoms. The van der Waals surface area contributed by atoms with Crippen molar-refractivity contribution in [3.8, 4) is 0 Å². The van der Waals surface area contributed by atoms with Gasteiger partial charge in [-0.25, -0.2) is 0 Å². The minimum absolute atomic E-state index is 0.0222. The zero-order chi connectivity index (χ0) is 21.3. The third-order valence-electron chi connectivity index (χ3n) is 7.21. The van der Waals surface area contributed by atoms with Crippen LogP contribution in [0.1, 0.15) is 95.1 Å². The van der Waals surface area contributed by atoms with E-state index in [2.05, 4.69) is 34.6 Å². The molecule has 0 heterocycles. The normalized spacial score (nSPS) is 29.4. The number of hydrogen-bond acceptors (Lipinski definition) is 3. The third kappa shape index (κ3) is 3.65. The van der Waals surface area contributed by atoms with Gasteiger partial charge in [-0.1, -0.05) is 65.7 Å². The number of esters is 1. The van der Waals surface area contributed by atoms with Crippen LogP contribution in [0.4, 0.5) is 0 Å². The second-order valence-corrected chi connectivity index (χ2v) is 9.78. The van der Waals surface area contributed by atoms with Crippen LogP contribution in [0.3, 0.4) is 0 Å². The Hall–Kier alpha value is -1.64. The van der Waals surface area contributed by atoms with Crippen LogP contribution < -0.4 is 0 Å². The maximum absolute atomic E-state index is 14.2. The summed E-state index contributed by atoms with van der Waals surface area (Å²) in [4.78, 5) is 26.8. The molecule has 2 rings (SSSR count). The summed E-state index contributed by atoms with van der Waals surface area (Å²) < 4.78 is 6.22. The van der Waals surface area contributed by atoms with Crippen molar-refractivity contribution < 1.29 is 14.3 Å². The quantitative estimate of drug-likeness (QED) is 0.417. The Balaban J connectivity index is 2.77. The number of aryl methyl sites for hydroxylation is 2. The van der Waals surface area contributed by atoms with Crippen LogP contribution in [0.25, 0.3) is 0 Å². The molecule has 1 aliphatic carbocycles. The number of carbonyl (C=O) groups excluding carboxylic acids is 2. The molecule has 0 saturated heterocycles. The lowest BCUT2D eigenvalue weighted by molar-refractivity contribution is -0.198. The molecule has 156 valence electrons. The molecule has 0 bridgehead atoms. The molecule has 3 atom stereocenters. The summed E-state index contributed by atoms with van der Waals surface area (Å²) in [5, 5.41) is 0. The molecule has 3 nitrogen and oxygen atoms in total. The highest BCUT2D eigenvalue weighted by atomic mass is 16.6. The number of ether oxygens (including phenoxy) is 1. The molecule has 0 radical (unpaired) electrons. The molecule has 1 aromatic carbocycles. The van der Waals surface area contributed by atoms with Crippen molar-refractivity contribution in [3.05, 3.63) is 34.9 Å². The maximum atomic E-state index is 14.2.